The van der Waals surface area contributed by atoms with E-state index in [4.69, 9.17) is 4.84 Å². The van der Waals surface area contributed by atoms with E-state index in [9.17, 15) is 9.59 Å². The number of rotatable bonds is 10. The van der Waals surface area contributed by atoms with Gasteiger partial charge in [-0.1, -0.05) is 101 Å². The Labute approximate surface area is 210 Å². The smallest absolute Gasteiger partial charge is 0.318 e. The molecule has 1 fully saturated rings. The summed E-state index contributed by atoms with van der Waals surface area (Å²) in [4.78, 5) is 30.2. The summed E-state index contributed by atoms with van der Waals surface area (Å²) in [6.45, 7) is 8.16. The molecule has 2 unspecified atom stereocenters. The number of benzene rings is 2. The monoisotopic (exact) mass is 473 g/mol. The van der Waals surface area contributed by atoms with Crippen LogP contribution in [0, 0.1) is 11.8 Å². The Morgan fingerprint density at radius 2 is 1.77 bits per heavy atom. The van der Waals surface area contributed by atoms with Gasteiger partial charge in [0, 0.05) is 17.9 Å². The van der Waals surface area contributed by atoms with Gasteiger partial charge in [0.15, 0.2) is 0 Å². The van der Waals surface area contributed by atoms with Crippen LogP contribution < -0.4 is 0 Å². The number of carbonyl (C=O) groups is 2. The maximum absolute atomic E-state index is 13.7. The number of nitrogens with zero attached hydrogens (tertiary/aromatic N) is 1. The lowest BCUT2D eigenvalue weighted by Gasteiger charge is -2.38. The minimum absolute atomic E-state index is 0.108. The topological polar surface area (TPSA) is 55.7 Å². The molecule has 0 aliphatic heterocycles. The maximum atomic E-state index is 13.7. The van der Waals surface area contributed by atoms with Crippen molar-refractivity contribution in [1.82, 2.24) is 0 Å². The molecule has 35 heavy (non-hydrogen) atoms. The van der Waals surface area contributed by atoms with Crippen LogP contribution in [0.15, 0.2) is 47.6 Å². The molecule has 0 aromatic heterocycles. The first kappa shape index (κ1) is 25.3. The number of carbonyl (C=O) groups excluding carboxylic acids is 2. The fourth-order valence-corrected chi connectivity index (χ4v) is 6.46. The van der Waals surface area contributed by atoms with Crippen LogP contribution in [0.3, 0.4) is 0 Å². The molecule has 0 heterocycles. The van der Waals surface area contributed by atoms with Crippen molar-refractivity contribution in [3.8, 4) is 11.1 Å². The van der Waals surface area contributed by atoms with E-state index in [2.05, 4.69) is 62.3 Å². The van der Waals surface area contributed by atoms with E-state index in [1.54, 1.807) is 0 Å². The number of Topliss-reactive ketones (excluding diaryl/α,β-unsaturated/α-hetero) is 1. The molecule has 2 aliphatic carbocycles. The first-order valence-electron chi connectivity index (χ1n) is 13.5. The lowest BCUT2D eigenvalue weighted by Crippen LogP contribution is -2.33. The van der Waals surface area contributed by atoms with E-state index in [-0.39, 0.29) is 11.2 Å². The van der Waals surface area contributed by atoms with E-state index < -0.39 is 5.97 Å². The quantitative estimate of drug-likeness (QED) is 0.153. The molecule has 4 rings (SSSR count). The molecule has 4 heteroatoms. The van der Waals surface area contributed by atoms with Crippen molar-refractivity contribution >= 4 is 17.5 Å². The van der Waals surface area contributed by atoms with Crippen molar-refractivity contribution in [2.24, 2.45) is 17.0 Å². The molecule has 186 valence electrons. The molecular weight excluding hydrogens is 434 g/mol. The second-order valence-corrected chi connectivity index (χ2v) is 10.5. The van der Waals surface area contributed by atoms with E-state index >= 15 is 0 Å². The van der Waals surface area contributed by atoms with Crippen molar-refractivity contribution in [3.05, 3.63) is 59.2 Å². The van der Waals surface area contributed by atoms with Gasteiger partial charge in [-0.05, 0) is 59.4 Å². The molecule has 2 atom stereocenters. The number of hydrogen-bond donors (Lipinski definition) is 0. The highest BCUT2D eigenvalue weighted by molar-refractivity contribution is 6.46. The summed E-state index contributed by atoms with van der Waals surface area (Å²) in [5.41, 5.74) is 6.03. The van der Waals surface area contributed by atoms with Crippen molar-refractivity contribution < 1.29 is 14.4 Å². The van der Waals surface area contributed by atoms with Gasteiger partial charge in [-0.15, -0.1) is 0 Å². The Balaban J connectivity index is 1.74. The Kier molecular flexibility index (Phi) is 7.88. The molecule has 4 nitrogen and oxygen atoms in total. The lowest BCUT2D eigenvalue weighted by atomic mass is 9.65. The second-order valence-electron chi connectivity index (χ2n) is 10.5. The Morgan fingerprint density at radius 1 is 1.06 bits per heavy atom. The minimum Gasteiger partial charge on any atom is -0.318 e. The number of fused-ring (bicyclic) bond motifs is 3. The molecule has 2 aromatic rings. The number of hydrogen-bond acceptors (Lipinski definition) is 4. The fourth-order valence-electron chi connectivity index (χ4n) is 6.46. The van der Waals surface area contributed by atoms with Crippen LogP contribution in [0.25, 0.3) is 11.1 Å². The van der Waals surface area contributed by atoms with Crippen molar-refractivity contribution in [3.63, 3.8) is 0 Å². The van der Waals surface area contributed by atoms with E-state index in [0.717, 1.165) is 25.7 Å². The van der Waals surface area contributed by atoms with Crippen LogP contribution in [-0.4, -0.2) is 17.5 Å². The summed E-state index contributed by atoms with van der Waals surface area (Å²) >= 11 is 0. The van der Waals surface area contributed by atoms with Gasteiger partial charge < -0.3 is 4.84 Å². The Hall–Kier alpha value is -2.75. The van der Waals surface area contributed by atoms with Crippen LogP contribution >= 0.6 is 0 Å². The number of ketones is 1. The zero-order chi connectivity index (χ0) is 25.0. The van der Waals surface area contributed by atoms with Gasteiger partial charge >= 0.3 is 5.97 Å². The van der Waals surface area contributed by atoms with E-state index in [1.165, 1.54) is 54.9 Å². The molecule has 0 spiro atoms. The normalized spacial score (nSPS) is 20.4. The predicted molar refractivity (Wildman–Crippen MR) is 142 cm³/mol. The summed E-state index contributed by atoms with van der Waals surface area (Å²) in [5, 5.41) is 4.04. The maximum Gasteiger partial charge on any atom is 0.331 e. The van der Waals surface area contributed by atoms with Crippen LogP contribution in [0.2, 0.25) is 0 Å². The highest BCUT2D eigenvalue weighted by Crippen LogP contribution is 2.56. The average Bonchev–Trinajstić information content (AvgIpc) is 3.48. The van der Waals surface area contributed by atoms with E-state index in [0.29, 0.717) is 29.5 Å². The third kappa shape index (κ3) is 4.85. The molecular formula is C31H39NO3. The van der Waals surface area contributed by atoms with Crippen molar-refractivity contribution in [1.29, 1.82) is 0 Å². The molecule has 0 radical (unpaired) electrons. The first-order valence-corrected chi connectivity index (χ1v) is 13.5. The Bertz CT molecular complexity index is 1110. The molecule has 1 saturated carbocycles. The molecule has 0 amide bonds. The summed E-state index contributed by atoms with van der Waals surface area (Å²) in [5.74, 6) is 0.436. The minimum atomic E-state index is -0.501. The Morgan fingerprint density at radius 3 is 2.46 bits per heavy atom. The molecule has 0 bridgehead atoms. The largest absolute Gasteiger partial charge is 0.331 e. The standard InChI is InChI=1S/C31H39NO3/c1-5-19-31(21(3)6-2)27-14-10-9-13-25(27)26-17-16-24(20-28(26)31)30(34)29(32-35-22(4)33)18-15-23-11-7-8-12-23/h9-10,13-14,16-17,20-21,23H,5-8,11-12,15,18-19H2,1-4H3/b32-29+. The van der Waals surface area contributed by atoms with Gasteiger partial charge in [0.1, 0.15) is 5.71 Å². The number of oxime groups is 1. The first-order chi connectivity index (χ1) is 16.9. The van der Waals surface area contributed by atoms with E-state index in [1.807, 2.05) is 6.07 Å². The summed E-state index contributed by atoms with van der Waals surface area (Å²) in [7, 11) is 0. The van der Waals surface area contributed by atoms with Crippen LogP contribution in [-0.2, 0) is 15.0 Å². The second kappa shape index (κ2) is 10.9. The average molecular weight is 474 g/mol. The third-order valence-electron chi connectivity index (χ3n) is 8.37. The van der Waals surface area contributed by atoms with Gasteiger partial charge in [0.05, 0.1) is 0 Å². The zero-order valence-corrected chi connectivity index (χ0v) is 21.7. The molecule has 0 N–H and O–H groups in total. The van der Waals surface area contributed by atoms with Gasteiger partial charge in [0.2, 0.25) is 5.78 Å². The lowest BCUT2D eigenvalue weighted by molar-refractivity contribution is -0.140. The van der Waals surface area contributed by atoms with Gasteiger partial charge in [-0.3, -0.25) is 4.79 Å². The van der Waals surface area contributed by atoms with Gasteiger partial charge in [-0.2, -0.15) is 0 Å². The van der Waals surface area contributed by atoms with Gasteiger partial charge in [0.25, 0.3) is 0 Å². The molecule has 2 aliphatic rings. The third-order valence-corrected chi connectivity index (χ3v) is 8.37. The summed E-state index contributed by atoms with van der Waals surface area (Å²) in [6, 6.07) is 14.9. The fraction of sp³-hybridized carbons (Fsp3) is 0.516. The SMILES string of the molecule is CCCC1(C(C)CC)c2ccccc2-c2ccc(C(=O)/C(CCC3CCCC3)=N/OC(C)=O)cc21. The zero-order valence-electron chi connectivity index (χ0n) is 21.7. The van der Waals surface area contributed by atoms with Crippen LogP contribution in [0.1, 0.15) is 107 Å². The molecule has 0 saturated heterocycles. The summed E-state index contributed by atoms with van der Waals surface area (Å²) < 4.78 is 0. The van der Waals surface area contributed by atoms with Crippen molar-refractivity contribution in [2.75, 3.05) is 0 Å². The highest BCUT2D eigenvalue weighted by Gasteiger charge is 2.45. The van der Waals surface area contributed by atoms with Crippen LogP contribution in [0.4, 0.5) is 0 Å². The predicted octanol–water partition coefficient (Wildman–Crippen LogP) is 7.87. The van der Waals surface area contributed by atoms with Gasteiger partial charge in [-0.25, -0.2) is 4.79 Å². The van der Waals surface area contributed by atoms with Crippen molar-refractivity contribution in [2.45, 2.75) is 90.9 Å². The molecule has 2 aromatic carbocycles. The highest BCUT2D eigenvalue weighted by atomic mass is 16.7. The van der Waals surface area contributed by atoms with Crippen LogP contribution in [0.5, 0.6) is 0 Å². The summed E-state index contributed by atoms with van der Waals surface area (Å²) in [6.07, 6.45) is 9.56.